The quantitative estimate of drug-likeness (QED) is 0.388. The van der Waals surface area contributed by atoms with Crippen molar-refractivity contribution in [1.82, 2.24) is 4.90 Å². The van der Waals surface area contributed by atoms with E-state index in [0.29, 0.717) is 0 Å². The molecule has 1 fully saturated rings. The number of aryl methyl sites for hydroxylation is 5. The molecule has 0 spiro atoms. The topological polar surface area (TPSA) is 24.8 Å². The van der Waals surface area contributed by atoms with E-state index in [1.807, 2.05) is 18.1 Å². The van der Waals surface area contributed by atoms with Crippen LogP contribution in [0.4, 0.5) is 5.69 Å². The Morgan fingerprint density at radius 2 is 1.74 bits per heavy atom. The number of benzene rings is 2. The van der Waals surface area contributed by atoms with E-state index in [2.05, 4.69) is 62.9 Å². The molecule has 27 heavy (non-hydrogen) atoms. The van der Waals surface area contributed by atoms with E-state index < -0.39 is 0 Å². The van der Waals surface area contributed by atoms with Gasteiger partial charge in [-0.05, 0) is 80.1 Å². The van der Waals surface area contributed by atoms with E-state index >= 15 is 0 Å². The van der Waals surface area contributed by atoms with Gasteiger partial charge in [-0.15, -0.1) is 11.8 Å². The molecule has 0 N–H and O–H groups in total. The number of thioether (sulfide) groups is 1. The summed E-state index contributed by atoms with van der Waals surface area (Å²) in [5.41, 5.74) is 7.80. The van der Waals surface area contributed by atoms with Gasteiger partial charge in [0.25, 0.3) is 0 Å². The standard InChI is InChI=1S/C23H30N2OS/c1-17-5-6-22(14-18(17)2)27-12-7-21-13-20(4)23(15-19(21)3)24-16-25-8-10-26-11-9-25/h5-6,13-16H,7-12H2,1-4H3. The fraction of sp³-hybridized carbons (Fsp3) is 0.435. The first kappa shape index (κ1) is 20.0. The van der Waals surface area contributed by atoms with Gasteiger partial charge in [-0.2, -0.15) is 0 Å². The van der Waals surface area contributed by atoms with E-state index in [4.69, 9.17) is 9.73 Å². The molecule has 144 valence electrons. The van der Waals surface area contributed by atoms with Gasteiger partial charge in [0, 0.05) is 23.7 Å². The molecule has 1 heterocycles. The highest BCUT2D eigenvalue weighted by molar-refractivity contribution is 7.99. The zero-order valence-corrected chi connectivity index (χ0v) is 17.7. The molecule has 1 aliphatic rings. The average Bonchev–Trinajstić information content (AvgIpc) is 2.67. The Morgan fingerprint density at radius 1 is 0.963 bits per heavy atom. The maximum atomic E-state index is 5.39. The highest BCUT2D eigenvalue weighted by atomic mass is 32.2. The average molecular weight is 383 g/mol. The molecule has 2 aromatic carbocycles. The maximum absolute atomic E-state index is 5.39. The molecule has 0 saturated carbocycles. The number of nitrogens with zero attached hydrogens (tertiary/aromatic N) is 2. The normalized spacial score (nSPS) is 14.9. The van der Waals surface area contributed by atoms with Gasteiger partial charge in [0.05, 0.1) is 25.2 Å². The van der Waals surface area contributed by atoms with E-state index in [-0.39, 0.29) is 0 Å². The summed E-state index contributed by atoms with van der Waals surface area (Å²) in [7, 11) is 0. The summed E-state index contributed by atoms with van der Waals surface area (Å²) in [5.74, 6) is 1.10. The van der Waals surface area contributed by atoms with Crippen molar-refractivity contribution in [2.45, 2.75) is 39.0 Å². The Labute approximate surface area is 167 Å². The van der Waals surface area contributed by atoms with Crippen molar-refractivity contribution in [2.24, 2.45) is 4.99 Å². The molecule has 4 heteroatoms. The van der Waals surface area contributed by atoms with Gasteiger partial charge in [-0.25, -0.2) is 4.99 Å². The van der Waals surface area contributed by atoms with Gasteiger partial charge in [0.1, 0.15) is 0 Å². The minimum atomic E-state index is 0.793. The van der Waals surface area contributed by atoms with Crippen molar-refractivity contribution < 1.29 is 4.74 Å². The summed E-state index contributed by atoms with van der Waals surface area (Å²) in [5, 5.41) is 0. The summed E-state index contributed by atoms with van der Waals surface area (Å²) in [6.07, 6.45) is 3.05. The zero-order valence-electron chi connectivity index (χ0n) is 16.9. The van der Waals surface area contributed by atoms with Crippen molar-refractivity contribution >= 4 is 23.8 Å². The molecule has 0 bridgehead atoms. The smallest absolute Gasteiger partial charge is 0.0914 e. The number of aliphatic imine (C=N–C) groups is 1. The van der Waals surface area contributed by atoms with Crippen molar-refractivity contribution in [3.05, 3.63) is 58.1 Å². The van der Waals surface area contributed by atoms with E-state index in [1.165, 1.54) is 32.7 Å². The van der Waals surface area contributed by atoms with Crippen molar-refractivity contribution in [3.63, 3.8) is 0 Å². The number of rotatable bonds is 6. The van der Waals surface area contributed by atoms with Crippen LogP contribution in [0.2, 0.25) is 0 Å². The third-order valence-corrected chi connectivity index (χ3v) is 6.17. The Balaban J connectivity index is 1.60. The predicted octanol–water partition coefficient (Wildman–Crippen LogP) is 5.25. The highest BCUT2D eigenvalue weighted by Crippen LogP contribution is 2.26. The lowest BCUT2D eigenvalue weighted by atomic mass is 10.0. The van der Waals surface area contributed by atoms with Crippen LogP contribution in [-0.2, 0) is 11.2 Å². The van der Waals surface area contributed by atoms with Gasteiger partial charge < -0.3 is 9.64 Å². The molecule has 1 aliphatic heterocycles. The van der Waals surface area contributed by atoms with Crippen LogP contribution in [0.5, 0.6) is 0 Å². The molecule has 2 aromatic rings. The first-order valence-electron chi connectivity index (χ1n) is 9.69. The maximum Gasteiger partial charge on any atom is 0.0914 e. The molecule has 0 atom stereocenters. The van der Waals surface area contributed by atoms with Crippen LogP contribution in [0.25, 0.3) is 0 Å². The molecule has 3 rings (SSSR count). The lowest BCUT2D eigenvalue weighted by molar-refractivity contribution is 0.0701. The van der Waals surface area contributed by atoms with Crippen LogP contribution in [-0.4, -0.2) is 43.3 Å². The molecule has 0 amide bonds. The zero-order chi connectivity index (χ0) is 19.2. The van der Waals surface area contributed by atoms with E-state index in [0.717, 1.165) is 44.2 Å². The Kier molecular flexibility index (Phi) is 6.97. The number of hydrogen-bond acceptors (Lipinski definition) is 3. The van der Waals surface area contributed by atoms with Crippen molar-refractivity contribution in [3.8, 4) is 0 Å². The Bertz CT molecular complexity index is 810. The fourth-order valence-electron chi connectivity index (χ4n) is 3.19. The molecule has 0 aromatic heterocycles. The van der Waals surface area contributed by atoms with Crippen LogP contribution in [0.3, 0.4) is 0 Å². The second kappa shape index (κ2) is 9.43. The Morgan fingerprint density at radius 3 is 2.48 bits per heavy atom. The van der Waals surface area contributed by atoms with Crippen molar-refractivity contribution in [1.29, 1.82) is 0 Å². The fourth-order valence-corrected chi connectivity index (χ4v) is 4.17. The predicted molar refractivity (Wildman–Crippen MR) is 117 cm³/mol. The van der Waals surface area contributed by atoms with Crippen LogP contribution < -0.4 is 0 Å². The summed E-state index contributed by atoms with van der Waals surface area (Å²) >= 11 is 1.94. The highest BCUT2D eigenvalue weighted by Gasteiger charge is 2.08. The first-order valence-corrected chi connectivity index (χ1v) is 10.7. The van der Waals surface area contributed by atoms with E-state index in [9.17, 15) is 0 Å². The van der Waals surface area contributed by atoms with Crippen molar-refractivity contribution in [2.75, 3.05) is 32.1 Å². The van der Waals surface area contributed by atoms with Crippen LogP contribution in [0.1, 0.15) is 27.8 Å². The lowest BCUT2D eigenvalue weighted by Crippen LogP contribution is -2.35. The molecule has 0 unspecified atom stereocenters. The SMILES string of the molecule is Cc1ccc(SCCc2cc(C)c(N=CN3CCOCC3)cc2C)cc1C. The molecular formula is C23H30N2OS. The largest absolute Gasteiger partial charge is 0.378 e. The third kappa shape index (κ3) is 5.60. The van der Waals surface area contributed by atoms with Crippen LogP contribution >= 0.6 is 11.8 Å². The molecule has 1 saturated heterocycles. The number of morpholine rings is 1. The summed E-state index contributed by atoms with van der Waals surface area (Å²) in [6, 6.07) is 11.3. The van der Waals surface area contributed by atoms with Crippen LogP contribution in [0.15, 0.2) is 40.2 Å². The summed E-state index contributed by atoms with van der Waals surface area (Å²) in [4.78, 5) is 8.31. The number of hydrogen-bond donors (Lipinski definition) is 0. The molecule has 0 aliphatic carbocycles. The minimum Gasteiger partial charge on any atom is -0.378 e. The first-order chi connectivity index (χ1) is 13.0. The van der Waals surface area contributed by atoms with E-state index in [1.54, 1.807) is 0 Å². The second-order valence-corrected chi connectivity index (χ2v) is 8.47. The summed E-state index contributed by atoms with van der Waals surface area (Å²) in [6.45, 7) is 12.1. The van der Waals surface area contributed by atoms with Gasteiger partial charge in [0.15, 0.2) is 0 Å². The van der Waals surface area contributed by atoms with Gasteiger partial charge in [-0.3, -0.25) is 0 Å². The Hall–Kier alpha value is -1.78. The van der Waals surface area contributed by atoms with Gasteiger partial charge in [0.2, 0.25) is 0 Å². The lowest BCUT2D eigenvalue weighted by Gasteiger charge is -2.24. The minimum absolute atomic E-state index is 0.793. The monoisotopic (exact) mass is 382 g/mol. The van der Waals surface area contributed by atoms with Gasteiger partial charge >= 0.3 is 0 Å². The molecule has 3 nitrogen and oxygen atoms in total. The summed E-state index contributed by atoms with van der Waals surface area (Å²) < 4.78 is 5.39. The molecular weight excluding hydrogens is 352 g/mol. The molecule has 0 radical (unpaired) electrons. The van der Waals surface area contributed by atoms with Crippen LogP contribution in [0, 0.1) is 27.7 Å². The van der Waals surface area contributed by atoms with Gasteiger partial charge in [-0.1, -0.05) is 12.1 Å². The second-order valence-electron chi connectivity index (χ2n) is 7.30. The third-order valence-electron chi connectivity index (χ3n) is 5.18. The number of ether oxygens (including phenoxy) is 1.